The third-order valence-corrected chi connectivity index (χ3v) is 3.04. The summed E-state index contributed by atoms with van der Waals surface area (Å²) in [6, 6.07) is 0. The van der Waals surface area contributed by atoms with Crippen molar-refractivity contribution < 1.29 is 9.90 Å². The first kappa shape index (κ1) is 22.6. The Balaban J connectivity index is 0. The minimum atomic E-state index is -0.675. The van der Waals surface area contributed by atoms with E-state index in [-0.39, 0.29) is 18.9 Å². The average Bonchev–Trinajstić information content (AvgIpc) is 2.43. The second kappa shape index (κ2) is 19.3. The van der Waals surface area contributed by atoms with Crippen LogP contribution in [-0.4, -0.2) is 29.9 Å². The molecule has 0 amide bonds. The van der Waals surface area contributed by atoms with Gasteiger partial charge >= 0.3 is 24.8 Å². The van der Waals surface area contributed by atoms with E-state index < -0.39 is 5.97 Å². The second-order valence-electron chi connectivity index (χ2n) is 4.99. The van der Waals surface area contributed by atoms with Crippen LogP contribution in [0.25, 0.3) is 0 Å². The van der Waals surface area contributed by atoms with Crippen LogP contribution in [0.3, 0.4) is 0 Å². The fourth-order valence-electron chi connectivity index (χ4n) is 1.90. The fraction of sp³-hybridized carbons (Fsp3) is 0.611. The summed E-state index contributed by atoms with van der Waals surface area (Å²) >= 11 is 0. The molecule has 3 heteroatoms. The van der Waals surface area contributed by atoms with Crippen LogP contribution in [0.2, 0.25) is 0 Å². The molecule has 0 aromatic heterocycles. The predicted molar refractivity (Wildman–Crippen MR) is 94.0 cm³/mol. The van der Waals surface area contributed by atoms with Gasteiger partial charge in [-0.3, -0.25) is 4.79 Å². The number of hydrogen-bond donors (Lipinski definition) is 1. The normalized spacial score (nSPS) is 11.5. The molecular formula is C18H31LiO2. The Morgan fingerprint density at radius 3 is 1.95 bits per heavy atom. The molecule has 0 bridgehead atoms. The standard InChI is InChI=1S/C18H30O2.Li.H/c1-2-3-4-5-6-7-8-9-10-11-12-13-14-15-16-17-18(19)20;;/h3-4,6-7,9-10H,2,5,8,11-17H2,1H3,(H,19,20);;/b4-3-,7-6-,10-9-;;. The number of hydrogen-bond acceptors (Lipinski definition) is 1. The van der Waals surface area contributed by atoms with Gasteiger partial charge in [-0.05, 0) is 38.5 Å². The Bertz CT molecular complexity index is 306. The van der Waals surface area contributed by atoms with Gasteiger partial charge in [-0.1, -0.05) is 62.6 Å². The van der Waals surface area contributed by atoms with Gasteiger partial charge in [-0.2, -0.15) is 0 Å². The van der Waals surface area contributed by atoms with Crippen molar-refractivity contribution in [1.82, 2.24) is 0 Å². The molecule has 0 spiro atoms. The summed E-state index contributed by atoms with van der Waals surface area (Å²) in [5.41, 5.74) is 0. The molecule has 0 atom stereocenters. The maximum atomic E-state index is 10.3. The molecule has 0 saturated carbocycles. The summed E-state index contributed by atoms with van der Waals surface area (Å²) in [5, 5.41) is 8.50. The van der Waals surface area contributed by atoms with E-state index in [9.17, 15) is 4.79 Å². The molecule has 1 N–H and O–H groups in total. The van der Waals surface area contributed by atoms with E-state index in [1.807, 2.05) is 0 Å². The first-order chi connectivity index (χ1) is 9.77. The van der Waals surface area contributed by atoms with Crippen LogP contribution in [0.4, 0.5) is 0 Å². The van der Waals surface area contributed by atoms with Gasteiger partial charge in [0, 0.05) is 6.42 Å². The quantitative estimate of drug-likeness (QED) is 0.293. The number of unbranched alkanes of at least 4 members (excludes halogenated alkanes) is 5. The molecule has 0 rings (SSSR count). The molecule has 0 aliphatic carbocycles. The van der Waals surface area contributed by atoms with Crippen LogP contribution in [0, 0.1) is 0 Å². The molecule has 0 fully saturated rings. The topological polar surface area (TPSA) is 37.3 Å². The molecule has 21 heavy (non-hydrogen) atoms. The van der Waals surface area contributed by atoms with Crippen molar-refractivity contribution >= 4 is 24.8 Å². The van der Waals surface area contributed by atoms with Gasteiger partial charge in [-0.25, -0.2) is 0 Å². The molecular weight excluding hydrogens is 255 g/mol. The van der Waals surface area contributed by atoms with Gasteiger partial charge in [0.25, 0.3) is 0 Å². The number of carboxylic acid groups (broad SMARTS) is 1. The second-order valence-corrected chi connectivity index (χ2v) is 4.99. The van der Waals surface area contributed by atoms with Gasteiger partial charge in [0.05, 0.1) is 0 Å². The monoisotopic (exact) mass is 286 g/mol. The predicted octanol–water partition coefficient (Wildman–Crippen LogP) is 5.01. The summed E-state index contributed by atoms with van der Waals surface area (Å²) in [6.07, 6.45) is 23.4. The Labute approximate surface area is 142 Å². The van der Waals surface area contributed by atoms with Crippen molar-refractivity contribution in [3.63, 3.8) is 0 Å². The Hall–Kier alpha value is -0.713. The van der Waals surface area contributed by atoms with E-state index in [1.54, 1.807) is 0 Å². The van der Waals surface area contributed by atoms with Crippen LogP contribution in [-0.2, 0) is 4.79 Å². The number of allylic oxidation sites excluding steroid dienone is 6. The molecule has 0 radical (unpaired) electrons. The van der Waals surface area contributed by atoms with Crippen molar-refractivity contribution in [2.75, 3.05) is 0 Å². The number of aliphatic carboxylic acids is 1. The zero-order chi connectivity index (χ0) is 14.9. The molecule has 0 aliphatic heterocycles. The van der Waals surface area contributed by atoms with E-state index in [1.165, 1.54) is 12.8 Å². The fourth-order valence-corrected chi connectivity index (χ4v) is 1.90. The average molecular weight is 286 g/mol. The van der Waals surface area contributed by atoms with E-state index in [4.69, 9.17) is 5.11 Å². The molecule has 0 aromatic rings. The van der Waals surface area contributed by atoms with Crippen molar-refractivity contribution in [3.8, 4) is 0 Å². The summed E-state index contributed by atoms with van der Waals surface area (Å²) in [7, 11) is 0. The maximum absolute atomic E-state index is 10.3. The molecule has 2 nitrogen and oxygen atoms in total. The SMILES string of the molecule is CC/C=C\C/C=C\C/C=C\CCCCCCCC(=O)O.[LiH]. The minimum absolute atomic E-state index is 0. The van der Waals surface area contributed by atoms with Gasteiger partial charge in [0.15, 0.2) is 0 Å². The van der Waals surface area contributed by atoms with Gasteiger partial charge in [-0.15, -0.1) is 0 Å². The molecule has 0 saturated heterocycles. The molecule has 0 aliphatic rings. The first-order valence-corrected chi connectivity index (χ1v) is 7.94. The first-order valence-electron chi connectivity index (χ1n) is 7.94. The molecule has 116 valence electrons. The molecule has 0 aromatic carbocycles. The van der Waals surface area contributed by atoms with Crippen molar-refractivity contribution in [1.29, 1.82) is 0 Å². The third kappa shape index (κ3) is 21.7. The Kier molecular flexibility index (Phi) is 20.7. The summed E-state index contributed by atoms with van der Waals surface area (Å²) in [6.45, 7) is 2.15. The molecule has 0 unspecified atom stereocenters. The molecule has 0 heterocycles. The van der Waals surface area contributed by atoms with Crippen molar-refractivity contribution in [2.45, 2.75) is 71.1 Å². The zero-order valence-electron chi connectivity index (χ0n) is 12.9. The number of rotatable bonds is 13. The zero-order valence-corrected chi connectivity index (χ0v) is 12.9. The van der Waals surface area contributed by atoms with Crippen LogP contribution in [0.1, 0.15) is 71.1 Å². The Morgan fingerprint density at radius 1 is 0.810 bits per heavy atom. The van der Waals surface area contributed by atoms with Crippen LogP contribution in [0.15, 0.2) is 36.5 Å². The van der Waals surface area contributed by atoms with Crippen LogP contribution in [0.5, 0.6) is 0 Å². The summed E-state index contributed by atoms with van der Waals surface area (Å²) < 4.78 is 0. The van der Waals surface area contributed by atoms with Crippen LogP contribution >= 0.6 is 0 Å². The van der Waals surface area contributed by atoms with Gasteiger partial charge in [0.2, 0.25) is 0 Å². The third-order valence-electron chi connectivity index (χ3n) is 3.04. The van der Waals surface area contributed by atoms with Crippen LogP contribution < -0.4 is 0 Å². The van der Waals surface area contributed by atoms with E-state index in [2.05, 4.69) is 43.4 Å². The van der Waals surface area contributed by atoms with E-state index in [0.29, 0.717) is 6.42 Å². The van der Waals surface area contributed by atoms with Gasteiger partial charge < -0.3 is 5.11 Å². The van der Waals surface area contributed by atoms with E-state index in [0.717, 1.165) is 44.9 Å². The number of carbonyl (C=O) groups is 1. The summed E-state index contributed by atoms with van der Waals surface area (Å²) in [5.74, 6) is -0.675. The van der Waals surface area contributed by atoms with Gasteiger partial charge in [0.1, 0.15) is 0 Å². The summed E-state index contributed by atoms with van der Waals surface area (Å²) in [4.78, 5) is 10.3. The van der Waals surface area contributed by atoms with E-state index >= 15 is 0 Å². The van der Waals surface area contributed by atoms with Crippen molar-refractivity contribution in [2.24, 2.45) is 0 Å². The van der Waals surface area contributed by atoms with Crippen molar-refractivity contribution in [3.05, 3.63) is 36.5 Å². The number of carboxylic acids is 1. The Morgan fingerprint density at radius 2 is 1.33 bits per heavy atom.